The monoisotopic (exact) mass is 310 g/mol. The van der Waals surface area contributed by atoms with E-state index in [1.165, 1.54) is 24.0 Å². The fourth-order valence-electron chi connectivity index (χ4n) is 2.46. The standard InChI is InChI=1S/C19H22N2S/c22-19(20-18-11-12-18)21(15-17-9-5-2-6-10-17)14-13-16-7-3-1-4-8-16/h1-10,18H,11-15H2,(H,20,22). The van der Waals surface area contributed by atoms with Crippen LogP contribution in [0.4, 0.5) is 0 Å². The van der Waals surface area contributed by atoms with Gasteiger partial charge in [0.1, 0.15) is 0 Å². The van der Waals surface area contributed by atoms with Crippen molar-refractivity contribution in [3.05, 3.63) is 71.8 Å². The van der Waals surface area contributed by atoms with Crippen LogP contribution in [0.1, 0.15) is 24.0 Å². The Morgan fingerprint density at radius 2 is 1.55 bits per heavy atom. The van der Waals surface area contributed by atoms with Gasteiger partial charge in [0, 0.05) is 19.1 Å². The molecule has 1 N–H and O–H groups in total. The number of hydrogen-bond acceptors (Lipinski definition) is 1. The molecule has 1 aliphatic rings. The summed E-state index contributed by atoms with van der Waals surface area (Å²) in [4.78, 5) is 2.29. The molecular formula is C19H22N2S. The first kappa shape index (κ1) is 15.0. The van der Waals surface area contributed by atoms with Gasteiger partial charge in [-0.15, -0.1) is 0 Å². The Morgan fingerprint density at radius 1 is 0.955 bits per heavy atom. The number of rotatable bonds is 6. The van der Waals surface area contributed by atoms with Gasteiger partial charge in [-0.05, 0) is 42.6 Å². The highest BCUT2D eigenvalue weighted by Crippen LogP contribution is 2.19. The van der Waals surface area contributed by atoms with Gasteiger partial charge in [-0.3, -0.25) is 0 Å². The average Bonchev–Trinajstić information content (AvgIpc) is 3.37. The van der Waals surface area contributed by atoms with Crippen LogP contribution >= 0.6 is 12.2 Å². The minimum absolute atomic E-state index is 0.600. The van der Waals surface area contributed by atoms with Crippen LogP contribution in [0.2, 0.25) is 0 Å². The van der Waals surface area contributed by atoms with E-state index in [1.807, 2.05) is 0 Å². The van der Waals surface area contributed by atoms with Crippen LogP contribution in [0.25, 0.3) is 0 Å². The smallest absolute Gasteiger partial charge is 0.169 e. The lowest BCUT2D eigenvalue weighted by molar-refractivity contribution is 0.409. The molecule has 0 unspecified atom stereocenters. The summed E-state index contributed by atoms with van der Waals surface area (Å²) in [7, 11) is 0. The van der Waals surface area contributed by atoms with Crippen LogP contribution in [0, 0.1) is 0 Å². The Kier molecular flexibility index (Phi) is 5.07. The Hall–Kier alpha value is -1.87. The summed E-state index contributed by atoms with van der Waals surface area (Å²) in [6.45, 7) is 1.81. The van der Waals surface area contributed by atoms with Gasteiger partial charge in [0.05, 0.1) is 0 Å². The number of thiocarbonyl (C=S) groups is 1. The van der Waals surface area contributed by atoms with Gasteiger partial charge in [0.25, 0.3) is 0 Å². The molecule has 0 aromatic heterocycles. The van der Waals surface area contributed by atoms with Crippen molar-refractivity contribution in [1.29, 1.82) is 0 Å². The highest BCUT2D eigenvalue weighted by atomic mass is 32.1. The second-order valence-electron chi connectivity index (χ2n) is 5.87. The average molecular weight is 310 g/mol. The summed E-state index contributed by atoms with van der Waals surface area (Å²) in [5.41, 5.74) is 2.66. The van der Waals surface area contributed by atoms with Crippen molar-refractivity contribution in [2.75, 3.05) is 6.54 Å². The third kappa shape index (κ3) is 4.57. The lowest BCUT2D eigenvalue weighted by atomic mass is 10.1. The molecule has 3 rings (SSSR count). The van der Waals surface area contributed by atoms with Crippen LogP contribution < -0.4 is 5.32 Å². The molecule has 22 heavy (non-hydrogen) atoms. The normalized spacial score (nSPS) is 13.6. The van der Waals surface area contributed by atoms with Crippen LogP contribution in [0.5, 0.6) is 0 Å². The van der Waals surface area contributed by atoms with Crippen molar-refractivity contribution in [3.8, 4) is 0 Å². The lowest BCUT2D eigenvalue weighted by Gasteiger charge is -2.26. The molecule has 114 valence electrons. The summed E-state index contributed by atoms with van der Waals surface area (Å²) in [6, 6.07) is 21.8. The largest absolute Gasteiger partial charge is 0.360 e. The zero-order chi connectivity index (χ0) is 15.2. The second kappa shape index (κ2) is 7.41. The molecule has 0 heterocycles. The summed E-state index contributed by atoms with van der Waals surface area (Å²) in [6.07, 6.45) is 3.51. The highest BCUT2D eigenvalue weighted by molar-refractivity contribution is 7.80. The molecule has 1 aliphatic carbocycles. The quantitative estimate of drug-likeness (QED) is 0.818. The topological polar surface area (TPSA) is 15.3 Å². The summed E-state index contributed by atoms with van der Waals surface area (Å²) in [5, 5.41) is 4.36. The van der Waals surface area contributed by atoms with Crippen molar-refractivity contribution >= 4 is 17.3 Å². The van der Waals surface area contributed by atoms with E-state index in [-0.39, 0.29) is 0 Å². The maximum absolute atomic E-state index is 5.62. The van der Waals surface area contributed by atoms with E-state index < -0.39 is 0 Å². The van der Waals surface area contributed by atoms with Gasteiger partial charge in [-0.1, -0.05) is 60.7 Å². The number of nitrogens with zero attached hydrogens (tertiary/aromatic N) is 1. The third-order valence-corrected chi connectivity index (χ3v) is 4.30. The molecule has 0 atom stereocenters. The first-order chi connectivity index (χ1) is 10.8. The maximum atomic E-state index is 5.62. The fourth-order valence-corrected chi connectivity index (χ4v) is 2.78. The van der Waals surface area contributed by atoms with E-state index in [1.54, 1.807) is 0 Å². The third-order valence-electron chi connectivity index (χ3n) is 3.92. The van der Waals surface area contributed by atoms with Crippen LogP contribution in [-0.2, 0) is 13.0 Å². The minimum Gasteiger partial charge on any atom is -0.360 e. The summed E-state index contributed by atoms with van der Waals surface area (Å²) in [5.74, 6) is 0. The van der Waals surface area contributed by atoms with Crippen molar-refractivity contribution in [1.82, 2.24) is 10.2 Å². The molecule has 2 aromatic carbocycles. The van der Waals surface area contributed by atoms with Gasteiger partial charge in [0.15, 0.2) is 5.11 Å². The number of benzene rings is 2. The van der Waals surface area contributed by atoms with Gasteiger partial charge in [0.2, 0.25) is 0 Å². The molecule has 2 nitrogen and oxygen atoms in total. The van der Waals surface area contributed by atoms with Gasteiger partial charge in [-0.2, -0.15) is 0 Å². The van der Waals surface area contributed by atoms with Gasteiger partial charge >= 0.3 is 0 Å². The van der Waals surface area contributed by atoms with Crippen LogP contribution in [-0.4, -0.2) is 22.6 Å². The van der Waals surface area contributed by atoms with E-state index in [9.17, 15) is 0 Å². The van der Waals surface area contributed by atoms with Crippen molar-refractivity contribution in [3.63, 3.8) is 0 Å². The van der Waals surface area contributed by atoms with Crippen molar-refractivity contribution in [2.24, 2.45) is 0 Å². The number of nitrogens with one attached hydrogen (secondary N) is 1. The molecule has 0 radical (unpaired) electrons. The van der Waals surface area contributed by atoms with Crippen molar-refractivity contribution in [2.45, 2.75) is 31.8 Å². The second-order valence-corrected chi connectivity index (χ2v) is 6.25. The molecule has 0 bridgehead atoms. The van der Waals surface area contributed by atoms with E-state index in [4.69, 9.17) is 12.2 Å². The Balaban J connectivity index is 1.63. The highest BCUT2D eigenvalue weighted by Gasteiger charge is 2.23. The van der Waals surface area contributed by atoms with Crippen LogP contribution in [0.3, 0.4) is 0 Å². The zero-order valence-corrected chi connectivity index (χ0v) is 13.6. The predicted octanol–water partition coefficient (Wildman–Crippen LogP) is 3.77. The molecule has 0 aliphatic heterocycles. The van der Waals surface area contributed by atoms with Gasteiger partial charge in [-0.25, -0.2) is 0 Å². The molecule has 0 amide bonds. The van der Waals surface area contributed by atoms with E-state index in [2.05, 4.69) is 70.9 Å². The van der Waals surface area contributed by atoms with Crippen molar-refractivity contribution < 1.29 is 0 Å². The lowest BCUT2D eigenvalue weighted by Crippen LogP contribution is -2.41. The maximum Gasteiger partial charge on any atom is 0.169 e. The Bertz CT molecular complexity index is 593. The summed E-state index contributed by atoms with van der Waals surface area (Å²) < 4.78 is 0. The van der Waals surface area contributed by atoms with E-state index >= 15 is 0 Å². The Morgan fingerprint density at radius 3 is 2.14 bits per heavy atom. The molecule has 1 saturated carbocycles. The SMILES string of the molecule is S=C(NC1CC1)N(CCc1ccccc1)Cc1ccccc1. The first-order valence-electron chi connectivity index (χ1n) is 7.94. The molecule has 1 fully saturated rings. The van der Waals surface area contributed by atoms with E-state index in [0.717, 1.165) is 24.6 Å². The fraction of sp³-hybridized carbons (Fsp3) is 0.316. The molecule has 2 aromatic rings. The predicted molar refractivity (Wildman–Crippen MR) is 95.8 cm³/mol. The molecule has 0 saturated heterocycles. The summed E-state index contributed by atoms with van der Waals surface area (Å²) >= 11 is 5.62. The number of hydrogen-bond donors (Lipinski definition) is 1. The van der Waals surface area contributed by atoms with E-state index in [0.29, 0.717) is 6.04 Å². The molecular weight excluding hydrogens is 288 g/mol. The molecule has 3 heteroatoms. The minimum atomic E-state index is 0.600. The molecule has 0 spiro atoms. The Labute approximate surface area is 138 Å². The zero-order valence-electron chi connectivity index (χ0n) is 12.7. The van der Waals surface area contributed by atoms with Crippen LogP contribution in [0.15, 0.2) is 60.7 Å². The first-order valence-corrected chi connectivity index (χ1v) is 8.35. The van der Waals surface area contributed by atoms with Gasteiger partial charge < -0.3 is 10.2 Å².